The first-order chi connectivity index (χ1) is 17.0. The van der Waals surface area contributed by atoms with Crippen LogP contribution in [-0.2, 0) is 25.6 Å². The van der Waals surface area contributed by atoms with E-state index in [1.807, 2.05) is 0 Å². The number of H-pyrrole nitrogens is 1. The Morgan fingerprint density at radius 3 is 2.56 bits per heavy atom. The van der Waals surface area contributed by atoms with Gasteiger partial charge in [-0.15, -0.1) is 0 Å². The maximum atomic E-state index is 13.2. The van der Waals surface area contributed by atoms with E-state index in [0.717, 1.165) is 0 Å². The summed E-state index contributed by atoms with van der Waals surface area (Å²) in [7, 11) is 0. The topological polar surface area (TPSA) is 235 Å². The summed E-state index contributed by atoms with van der Waals surface area (Å²) in [6, 6.07) is -3.84. The Morgan fingerprint density at radius 1 is 1.25 bits per heavy atom. The zero-order valence-electron chi connectivity index (χ0n) is 20.6. The molecule has 2 heterocycles. The van der Waals surface area contributed by atoms with E-state index in [4.69, 9.17) is 17.2 Å². The fourth-order valence-electron chi connectivity index (χ4n) is 4.01. The molecule has 4 atom stereocenters. The standard InChI is InChI=1S/C22H37N9O5/c1-12(2)17(20(34)31-8-4-6-16(31)21(35)36)30-19(33)15(5-3-7-27-22(24)25)29-18(32)14(23)9-13-10-26-11-28-13/h10-12,14-17H,3-9,23H2,1-2H3,(H,26,28)(H,29,32)(H,30,33)(H,35,36)(H4,24,25,27). The van der Waals surface area contributed by atoms with Crippen molar-refractivity contribution in [3.63, 3.8) is 0 Å². The van der Waals surface area contributed by atoms with Gasteiger partial charge in [0.2, 0.25) is 17.7 Å². The third-order valence-electron chi connectivity index (χ3n) is 5.96. The lowest BCUT2D eigenvalue weighted by molar-refractivity contribution is -0.150. The molecule has 0 radical (unpaired) electrons. The van der Waals surface area contributed by atoms with Crippen molar-refractivity contribution in [2.45, 2.75) is 70.1 Å². The van der Waals surface area contributed by atoms with Crippen LogP contribution in [0.3, 0.4) is 0 Å². The number of carbonyl (C=O) groups is 4. The highest BCUT2D eigenvalue weighted by atomic mass is 16.4. The van der Waals surface area contributed by atoms with Crippen LogP contribution in [0, 0.1) is 5.92 Å². The molecule has 10 N–H and O–H groups in total. The number of carbonyl (C=O) groups excluding carboxylic acids is 3. The SMILES string of the molecule is CC(C)C(NC(=O)C(CCCN=C(N)N)NC(=O)C(N)Cc1cnc[nH]1)C(=O)N1CCCC1C(=O)O. The number of carboxylic acids is 1. The first-order valence-corrected chi connectivity index (χ1v) is 11.9. The number of carboxylic acid groups (broad SMARTS) is 1. The summed E-state index contributed by atoms with van der Waals surface area (Å²) in [5.74, 6) is -3.09. The molecule has 0 aromatic carbocycles. The normalized spacial score (nSPS) is 17.8. The Hall–Kier alpha value is -3.68. The average molecular weight is 508 g/mol. The molecule has 0 spiro atoms. The number of aliphatic imine (C=N–C) groups is 1. The van der Waals surface area contributed by atoms with Crippen molar-refractivity contribution in [3.05, 3.63) is 18.2 Å². The molecule has 36 heavy (non-hydrogen) atoms. The first-order valence-electron chi connectivity index (χ1n) is 11.9. The summed E-state index contributed by atoms with van der Waals surface area (Å²) in [5, 5.41) is 14.8. The lowest BCUT2D eigenvalue weighted by Crippen LogP contribution is -2.58. The minimum Gasteiger partial charge on any atom is -0.480 e. The molecule has 1 fully saturated rings. The van der Waals surface area contributed by atoms with E-state index in [9.17, 15) is 24.3 Å². The van der Waals surface area contributed by atoms with Crippen molar-refractivity contribution in [1.29, 1.82) is 0 Å². The number of nitrogens with two attached hydrogens (primary N) is 3. The number of rotatable bonds is 13. The maximum absolute atomic E-state index is 13.2. The van der Waals surface area contributed by atoms with Crippen molar-refractivity contribution < 1.29 is 24.3 Å². The fraction of sp³-hybridized carbons (Fsp3) is 0.636. The predicted octanol–water partition coefficient (Wildman–Crippen LogP) is -1.97. The van der Waals surface area contributed by atoms with Crippen LogP contribution in [0.25, 0.3) is 0 Å². The number of nitrogens with zero attached hydrogens (tertiary/aromatic N) is 3. The van der Waals surface area contributed by atoms with E-state index < -0.39 is 47.9 Å². The Bertz CT molecular complexity index is 930. The molecule has 14 heteroatoms. The van der Waals surface area contributed by atoms with Gasteiger partial charge in [-0.25, -0.2) is 9.78 Å². The van der Waals surface area contributed by atoms with Crippen LogP contribution < -0.4 is 27.8 Å². The van der Waals surface area contributed by atoms with Crippen LogP contribution in [-0.4, -0.2) is 86.9 Å². The summed E-state index contributed by atoms with van der Waals surface area (Å²) >= 11 is 0. The second-order valence-corrected chi connectivity index (χ2v) is 9.16. The molecule has 2 rings (SSSR count). The Balaban J connectivity index is 2.12. The van der Waals surface area contributed by atoms with E-state index in [1.165, 1.54) is 11.2 Å². The Labute approximate surface area is 209 Å². The molecule has 200 valence electrons. The lowest BCUT2D eigenvalue weighted by Gasteiger charge is -2.30. The lowest BCUT2D eigenvalue weighted by atomic mass is 10.0. The third-order valence-corrected chi connectivity index (χ3v) is 5.96. The second-order valence-electron chi connectivity index (χ2n) is 9.16. The van der Waals surface area contributed by atoms with Crippen molar-refractivity contribution in [2.75, 3.05) is 13.1 Å². The zero-order chi connectivity index (χ0) is 26.8. The molecule has 1 aromatic rings. The summed E-state index contributed by atoms with van der Waals surface area (Å²) in [6.45, 7) is 4.04. The first kappa shape index (κ1) is 28.6. The number of imidazole rings is 1. The summed E-state index contributed by atoms with van der Waals surface area (Å²) in [5.41, 5.74) is 17.4. The van der Waals surface area contributed by atoms with Crippen LogP contribution in [0.5, 0.6) is 0 Å². The number of aliphatic carboxylic acids is 1. The number of amides is 3. The molecule has 4 unspecified atom stereocenters. The van der Waals surface area contributed by atoms with Crippen molar-refractivity contribution in [2.24, 2.45) is 28.1 Å². The van der Waals surface area contributed by atoms with Gasteiger partial charge in [-0.3, -0.25) is 19.4 Å². The van der Waals surface area contributed by atoms with Gasteiger partial charge in [0.15, 0.2) is 5.96 Å². The molecule has 14 nitrogen and oxygen atoms in total. The minimum atomic E-state index is -1.08. The summed E-state index contributed by atoms with van der Waals surface area (Å²) < 4.78 is 0. The van der Waals surface area contributed by atoms with Gasteiger partial charge in [0.25, 0.3) is 0 Å². The largest absolute Gasteiger partial charge is 0.480 e. The van der Waals surface area contributed by atoms with E-state index in [0.29, 0.717) is 31.5 Å². The number of guanidine groups is 1. The molecule has 1 aliphatic heterocycles. The minimum absolute atomic E-state index is 0.0920. The van der Waals surface area contributed by atoms with Crippen molar-refractivity contribution in [3.8, 4) is 0 Å². The van der Waals surface area contributed by atoms with Gasteiger partial charge in [0.05, 0.1) is 12.4 Å². The van der Waals surface area contributed by atoms with Gasteiger partial charge in [0.1, 0.15) is 18.1 Å². The zero-order valence-corrected chi connectivity index (χ0v) is 20.6. The number of aromatic nitrogens is 2. The van der Waals surface area contributed by atoms with E-state index in [1.54, 1.807) is 20.0 Å². The Kier molecular flexibility index (Phi) is 10.6. The fourth-order valence-corrected chi connectivity index (χ4v) is 4.01. The van der Waals surface area contributed by atoms with Crippen molar-refractivity contribution >= 4 is 29.7 Å². The molecule has 1 aromatic heterocycles. The van der Waals surface area contributed by atoms with Gasteiger partial charge in [0, 0.05) is 31.4 Å². The van der Waals surface area contributed by atoms with Crippen LogP contribution in [0.1, 0.15) is 45.2 Å². The van der Waals surface area contributed by atoms with Gasteiger partial charge in [-0.1, -0.05) is 13.8 Å². The molecule has 1 saturated heterocycles. The number of hydrogen-bond donors (Lipinski definition) is 7. The maximum Gasteiger partial charge on any atom is 0.326 e. The Morgan fingerprint density at radius 2 is 1.97 bits per heavy atom. The number of aromatic amines is 1. The summed E-state index contributed by atoms with van der Waals surface area (Å²) in [6.07, 6.45) is 4.70. The second kappa shape index (κ2) is 13.4. The van der Waals surface area contributed by atoms with Gasteiger partial charge in [-0.2, -0.15) is 0 Å². The number of nitrogens with one attached hydrogen (secondary N) is 3. The van der Waals surface area contributed by atoms with Crippen LogP contribution in [0.4, 0.5) is 0 Å². The number of hydrogen-bond acceptors (Lipinski definition) is 7. The van der Waals surface area contributed by atoms with Crippen LogP contribution in [0.2, 0.25) is 0 Å². The molecule has 0 bridgehead atoms. The highest BCUT2D eigenvalue weighted by molar-refractivity contribution is 5.94. The smallest absolute Gasteiger partial charge is 0.326 e. The molecular formula is C22H37N9O5. The summed E-state index contributed by atoms with van der Waals surface area (Å²) in [4.78, 5) is 62.7. The van der Waals surface area contributed by atoms with E-state index in [2.05, 4.69) is 25.6 Å². The van der Waals surface area contributed by atoms with Crippen LogP contribution in [0.15, 0.2) is 17.5 Å². The van der Waals surface area contributed by atoms with Gasteiger partial charge in [-0.05, 0) is 31.6 Å². The molecular weight excluding hydrogens is 470 g/mol. The van der Waals surface area contributed by atoms with Gasteiger partial charge < -0.3 is 42.8 Å². The van der Waals surface area contributed by atoms with Crippen LogP contribution >= 0.6 is 0 Å². The van der Waals surface area contributed by atoms with Gasteiger partial charge >= 0.3 is 5.97 Å². The molecule has 3 amide bonds. The van der Waals surface area contributed by atoms with E-state index >= 15 is 0 Å². The quantitative estimate of drug-likeness (QED) is 0.0889. The highest BCUT2D eigenvalue weighted by Gasteiger charge is 2.39. The van der Waals surface area contributed by atoms with E-state index in [-0.39, 0.29) is 31.3 Å². The molecule has 0 aliphatic carbocycles. The van der Waals surface area contributed by atoms with Crippen molar-refractivity contribution in [1.82, 2.24) is 25.5 Å². The third kappa shape index (κ3) is 8.22. The monoisotopic (exact) mass is 507 g/mol. The highest BCUT2D eigenvalue weighted by Crippen LogP contribution is 2.20. The molecule has 0 saturated carbocycles. The molecule has 1 aliphatic rings. The number of likely N-dealkylation sites (tertiary alicyclic amines) is 1. The predicted molar refractivity (Wildman–Crippen MR) is 131 cm³/mol. The average Bonchev–Trinajstić information content (AvgIpc) is 3.50.